The third kappa shape index (κ3) is 5.56. The zero-order chi connectivity index (χ0) is 31.1. The Morgan fingerprint density at radius 1 is 0.930 bits per heavy atom. The highest BCUT2D eigenvalue weighted by Gasteiger charge is 2.35. The van der Waals surface area contributed by atoms with E-state index in [0.717, 1.165) is 11.9 Å². The van der Waals surface area contributed by atoms with Gasteiger partial charge < -0.3 is 15.4 Å². The summed E-state index contributed by atoms with van der Waals surface area (Å²) in [4.78, 5) is 20.2. The van der Waals surface area contributed by atoms with Crippen LogP contribution >= 0.6 is 0 Å². The van der Waals surface area contributed by atoms with Crippen molar-refractivity contribution in [3.63, 3.8) is 0 Å². The van der Waals surface area contributed by atoms with Gasteiger partial charge in [0.25, 0.3) is 5.91 Å². The lowest BCUT2D eigenvalue weighted by Gasteiger charge is -2.20. The predicted octanol–water partition coefficient (Wildman–Crippen LogP) is 3.84. The Hall–Kier alpha value is -5.09. The molecule has 0 saturated heterocycles. The van der Waals surface area contributed by atoms with E-state index in [1.54, 1.807) is 36.4 Å². The van der Waals surface area contributed by atoms with E-state index in [1.165, 1.54) is 11.0 Å². The molecule has 0 atom stereocenters. The van der Waals surface area contributed by atoms with Gasteiger partial charge in [0, 0.05) is 19.2 Å². The van der Waals surface area contributed by atoms with Crippen molar-refractivity contribution in [1.29, 1.82) is 0 Å². The molecule has 2 heterocycles. The molecule has 0 aliphatic rings. The molecule has 11 nitrogen and oxygen atoms in total. The van der Waals surface area contributed by atoms with Crippen molar-refractivity contribution in [1.82, 2.24) is 24.6 Å². The number of anilines is 1. The van der Waals surface area contributed by atoms with Crippen molar-refractivity contribution in [3.8, 4) is 22.8 Å². The fourth-order valence-electron chi connectivity index (χ4n) is 4.30. The fourth-order valence-corrected chi connectivity index (χ4v) is 5.10. The van der Waals surface area contributed by atoms with Crippen molar-refractivity contribution in [2.24, 2.45) is 5.14 Å². The van der Waals surface area contributed by atoms with Crippen LogP contribution in [0.4, 0.5) is 23.4 Å². The maximum absolute atomic E-state index is 14.6. The molecule has 5 rings (SSSR count). The van der Waals surface area contributed by atoms with Crippen LogP contribution in [0.2, 0.25) is 0 Å². The van der Waals surface area contributed by atoms with Gasteiger partial charge in [-0.05, 0) is 36.4 Å². The highest BCUT2D eigenvalue weighted by molar-refractivity contribution is 7.89. The molecule has 3 aromatic carbocycles. The summed E-state index contributed by atoms with van der Waals surface area (Å²) in [7, 11) is -4.07. The van der Waals surface area contributed by atoms with E-state index in [-0.39, 0.29) is 24.6 Å². The molecule has 0 bridgehead atoms. The van der Waals surface area contributed by atoms with Crippen molar-refractivity contribution in [2.75, 3.05) is 19.3 Å². The van der Waals surface area contributed by atoms with Crippen molar-refractivity contribution < 1.29 is 35.5 Å². The zero-order valence-corrected chi connectivity index (χ0v) is 22.9. The third-order valence-corrected chi connectivity index (χ3v) is 7.33. The summed E-state index contributed by atoms with van der Waals surface area (Å²) in [6.07, 6.45) is 1.20. The number of para-hydroxylation sites is 1. The molecule has 0 aliphatic heterocycles. The number of fused-ring (bicyclic) bond motifs is 1. The van der Waals surface area contributed by atoms with Gasteiger partial charge in [0.05, 0.1) is 11.9 Å². The molecule has 5 aromatic rings. The second-order valence-corrected chi connectivity index (χ2v) is 10.7. The number of primary sulfonamides is 1. The summed E-state index contributed by atoms with van der Waals surface area (Å²) in [5.41, 5.74) is 5.83. The smallest absolute Gasteiger partial charge is 0.258 e. The number of nitrogens with zero attached hydrogens (tertiary/aromatic N) is 5. The van der Waals surface area contributed by atoms with Gasteiger partial charge in [-0.1, -0.05) is 18.2 Å². The first-order valence-electron chi connectivity index (χ1n) is 12.3. The van der Waals surface area contributed by atoms with E-state index in [9.17, 15) is 30.8 Å². The number of rotatable bonds is 8. The lowest BCUT2D eigenvalue weighted by molar-refractivity contribution is 0.0777. The Morgan fingerprint density at radius 3 is 2.21 bits per heavy atom. The van der Waals surface area contributed by atoms with Crippen molar-refractivity contribution >= 4 is 32.8 Å². The van der Waals surface area contributed by atoms with Crippen LogP contribution in [-0.2, 0) is 16.6 Å². The summed E-state index contributed by atoms with van der Waals surface area (Å²) in [6, 6.07) is 16.1. The monoisotopic (exact) mass is 615 g/mol. The lowest BCUT2D eigenvalue weighted by Crippen LogP contribution is -2.34. The first-order valence-corrected chi connectivity index (χ1v) is 13.9. The Bertz CT molecular complexity index is 1970. The highest BCUT2D eigenvalue weighted by Crippen LogP contribution is 2.32. The normalized spacial score (nSPS) is 11.6. The molecule has 43 heavy (non-hydrogen) atoms. The van der Waals surface area contributed by atoms with Crippen LogP contribution in [0.15, 0.2) is 65.8 Å². The van der Waals surface area contributed by atoms with E-state index in [2.05, 4.69) is 15.1 Å². The van der Waals surface area contributed by atoms with Gasteiger partial charge in [0.1, 0.15) is 39.8 Å². The van der Waals surface area contributed by atoms with Gasteiger partial charge in [-0.25, -0.2) is 45.8 Å². The minimum atomic E-state index is -5.18. The minimum absolute atomic E-state index is 0.109. The number of benzene rings is 3. The molecule has 0 fully saturated rings. The fraction of sp³-hybridized carbons (Fsp3) is 0.111. The molecule has 1 amide bonds. The van der Waals surface area contributed by atoms with Crippen LogP contribution < -0.4 is 15.6 Å². The number of likely N-dealkylation sites (N-methyl/N-ethyl adjacent to an activating group) is 1. The number of carbonyl (C=O) groups is 1. The maximum atomic E-state index is 14.6. The zero-order valence-electron chi connectivity index (χ0n) is 22.1. The summed E-state index contributed by atoms with van der Waals surface area (Å²) >= 11 is 0. The largest absolute Gasteiger partial charge is 0.457 e. The van der Waals surface area contributed by atoms with Gasteiger partial charge in [0.2, 0.25) is 10.0 Å². The van der Waals surface area contributed by atoms with E-state index >= 15 is 0 Å². The van der Waals surface area contributed by atoms with Crippen LogP contribution in [-0.4, -0.2) is 52.6 Å². The van der Waals surface area contributed by atoms with Crippen LogP contribution in [0.25, 0.3) is 22.3 Å². The summed E-state index contributed by atoms with van der Waals surface area (Å²) < 4.78 is 87.6. The van der Waals surface area contributed by atoms with Gasteiger partial charge in [-0.2, -0.15) is 5.10 Å². The van der Waals surface area contributed by atoms with Crippen LogP contribution in [0.5, 0.6) is 11.5 Å². The summed E-state index contributed by atoms with van der Waals surface area (Å²) in [5.74, 6) is -9.46. The van der Waals surface area contributed by atoms with Gasteiger partial charge in [-0.3, -0.25) is 4.79 Å². The average molecular weight is 616 g/mol. The predicted molar refractivity (Wildman–Crippen MR) is 146 cm³/mol. The van der Waals surface area contributed by atoms with Crippen molar-refractivity contribution in [3.05, 3.63) is 89.8 Å². The first kappa shape index (κ1) is 29.4. The molecule has 222 valence electrons. The number of halogens is 4. The highest BCUT2D eigenvalue weighted by atomic mass is 32.2. The standard InChI is InChI=1S/C27H21F4N7O4S/c1-37(27(39)17-19(28)20(29)21(30)22(31)24(17)43(33,40)41)11-12-38-26-18(25(32)34-13-35-26)23(36-38)14-7-9-16(10-8-14)42-15-5-3-2-4-6-15/h2-10,13H,11-12H2,1H3,(H2,32,34,35)(H2,33,40,41). The quantitative estimate of drug-likeness (QED) is 0.151. The van der Waals surface area contributed by atoms with Gasteiger partial charge in [-0.15, -0.1) is 0 Å². The topological polar surface area (TPSA) is 159 Å². The molecule has 0 unspecified atom stereocenters. The van der Waals surface area contributed by atoms with Crippen LogP contribution in [0, 0.1) is 23.3 Å². The maximum Gasteiger partial charge on any atom is 0.258 e. The second-order valence-electron chi connectivity index (χ2n) is 9.20. The average Bonchev–Trinajstić information content (AvgIpc) is 3.36. The third-order valence-electron chi connectivity index (χ3n) is 6.38. The first-order chi connectivity index (χ1) is 20.4. The SMILES string of the molecule is CN(CCn1nc(-c2ccc(Oc3ccccc3)cc2)c2c(N)ncnc21)C(=O)c1c(F)c(F)c(F)c(F)c1S(N)(=O)=O. The van der Waals surface area contributed by atoms with Crippen LogP contribution in [0.3, 0.4) is 0 Å². The van der Waals surface area contributed by atoms with E-state index in [4.69, 9.17) is 15.6 Å². The van der Waals surface area contributed by atoms with Gasteiger partial charge >= 0.3 is 0 Å². The molecule has 0 spiro atoms. The van der Waals surface area contributed by atoms with E-state index in [1.807, 2.05) is 18.2 Å². The summed E-state index contributed by atoms with van der Waals surface area (Å²) in [6.45, 7) is -0.421. The molecule has 0 radical (unpaired) electrons. The molecule has 16 heteroatoms. The number of nitrogens with two attached hydrogens (primary N) is 2. The lowest BCUT2D eigenvalue weighted by atomic mass is 10.1. The minimum Gasteiger partial charge on any atom is -0.457 e. The molecule has 4 N–H and O–H groups in total. The van der Waals surface area contributed by atoms with Gasteiger partial charge in [0.15, 0.2) is 28.9 Å². The number of carbonyl (C=O) groups excluding carboxylic acids is 1. The van der Waals surface area contributed by atoms with E-state index in [0.29, 0.717) is 28.1 Å². The molecular formula is C27H21F4N7O4S. The Balaban J connectivity index is 1.44. The molecule has 0 aliphatic carbocycles. The number of hydrogen-bond donors (Lipinski definition) is 2. The Kier molecular flexibility index (Phi) is 7.72. The second kappa shape index (κ2) is 11.3. The van der Waals surface area contributed by atoms with E-state index < -0.39 is 49.7 Å². The molecule has 2 aromatic heterocycles. The summed E-state index contributed by atoms with van der Waals surface area (Å²) in [5, 5.41) is 9.82. The van der Waals surface area contributed by atoms with Crippen molar-refractivity contribution in [2.45, 2.75) is 11.4 Å². The number of aromatic nitrogens is 4. The van der Waals surface area contributed by atoms with Crippen LogP contribution in [0.1, 0.15) is 10.4 Å². The number of sulfonamides is 1. The Morgan fingerprint density at radius 2 is 1.56 bits per heavy atom. The number of amides is 1. The number of hydrogen-bond acceptors (Lipinski definition) is 8. The molecule has 0 saturated carbocycles. The Labute approximate surface area is 241 Å². The molecular weight excluding hydrogens is 594 g/mol. The number of nitrogen functional groups attached to an aromatic ring is 1. The number of ether oxygens (including phenoxy) is 1.